The van der Waals surface area contributed by atoms with Gasteiger partial charge in [-0.1, -0.05) is 41.4 Å². The van der Waals surface area contributed by atoms with Gasteiger partial charge in [-0.25, -0.2) is 14.4 Å². The molecule has 5 nitrogen and oxygen atoms in total. The topological polar surface area (TPSA) is 57.4 Å². The summed E-state index contributed by atoms with van der Waals surface area (Å²) in [6.07, 6.45) is 3.44. The van der Waals surface area contributed by atoms with Gasteiger partial charge in [-0.2, -0.15) is 0 Å². The van der Waals surface area contributed by atoms with Gasteiger partial charge in [-0.15, -0.1) is 5.10 Å². The highest BCUT2D eigenvalue weighted by Crippen LogP contribution is 2.38. The van der Waals surface area contributed by atoms with Gasteiger partial charge in [0.25, 0.3) is 0 Å². The monoisotopic (exact) mass is 403 g/mol. The van der Waals surface area contributed by atoms with E-state index in [1.165, 1.54) is 23.5 Å². The van der Waals surface area contributed by atoms with Crippen LogP contribution in [0.15, 0.2) is 70.4 Å². The number of para-hydroxylation sites is 1. The summed E-state index contributed by atoms with van der Waals surface area (Å²) in [6.45, 7) is 0. The lowest BCUT2D eigenvalue weighted by atomic mass is 10.00. The molecule has 0 aliphatic carbocycles. The Kier molecular flexibility index (Phi) is 4.70. The summed E-state index contributed by atoms with van der Waals surface area (Å²) < 4.78 is 19.3. The SMILES string of the molecule is OC1N=CN2N=C(Oc3ccccc3F)C=CC2=C1c1c(Cl)cccc1Cl. The van der Waals surface area contributed by atoms with Crippen molar-refractivity contribution < 1.29 is 14.2 Å². The Labute approximate surface area is 164 Å². The fraction of sp³-hybridized carbons (Fsp3) is 0.0526. The van der Waals surface area contributed by atoms with E-state index >= 15 is 0 Å². The Morgan fingerprint density at radius 1 is 1.04 bits per heavy atom. The molecule has 0 bridgehead atoms. The largest absolute Gasteiger partial charge is 0.435 e. The van der Waals surface area contributed by atoms with Crippen LogP contribution in [0.4, 0.5) is 4.39 Å². The highest BCUT2D eigenvalue weighted by molar-refractivity contribution is 6.37. The molecule has 0 amide bonds. The van der Waals surface area contributed by atoms with E-state index in [1.807, 2.05) is 0 Å². The number of hydrazone groups is 1. The number of aliphatic imine (C=N–C) groups is 1. The number of hydrogen-bond donors (Lipinski definition) is 1. The number of fused-ring (bicyclic) bond motifs is 1. The smallest absolute Gasteiger partial charge is 0.237 e. The van der Waals surface area contributed by atoms with Gasteiger partial charge < -0.3 is 9.84 Å². The fourth-order valence-electron chi connectivity index (χ4n) is 2.76. The molecule has 2 aromatic rings. The molecule has 0 spiro atoms. The Bertz CT molecular complexity index is 1010. The van der Waals surface area contributed by atoms with Crippen LogP contribution in [-0.2, 0) is 0 Å². The van der Waals surface area contributed by atoms with Gasteiger partial charge in [-0.05, 0) is 30.3 Å². The van der Waals surface area contributed by atoms with Crippen molar-refractivity contribution in [1.29, 1.82) is 0 Å². The minimum absolute atomic E-state index is 0.0525. The second-order valence-electron chi connectivity index (χ2n) is 5.68. The second-order valence-corrected chi connectivity index (χ2v) is 6.50. The summed E-state index contributed by atoms with van der Waals surface area (Å²) >= 11 is 12.6. The average Bonchev–Trinajstić information content (AvgIpc) is 2.65. The van der Waals surface area contributed by atoms with E-state index in [4.69, 9.17) is 27.9 Å². The first kappa shape index (κ1) is 17.7. The lowest BCUT2D eigenvalue weighted by molar-refractivity contribution is 0.236. The van der Waals surface area contributed by atoms with E-state index < -0.39 is 12.0 Å². The predicted octanol–water partition coefficient (Wildman–Crippen LogP) is 4.47. The molecule has 0 saturated heterocycles. The molecular weight excluding hydrogens is 392 g/mol. The first-order valence-electron chi connectivity index (χ1n) is 7.93. The minimum atomic E-state index is -1.15. The maximum absolute atomic E-state index is 13.8. The first-order valence-corrected chi connectivity index (χ1v) is 8.68. The van der Waals surface area contributed by atoms with E-state index in [0.29, 0.717) is 26.9 Å². The Hall–Kier alpha value is -2.67. The van der Waals surface area contributed by atoms with Crippen LogP contribution in [0.25, 0.3) is 5.57 Å². The van der Waals surface area contributed by atoms with Crippen LogP contribution in [0.3, 0.4) is 0 Å². The van der Waals surface area contributed by atoms with E-state index in [1.54, 1.807) is 42.5 Å². The van der Waals surface area contributed by atoms with Crippen molar-refractivity contribution in [3.05, 3.63) is 81.7 Å². The molecule has 136 valence electrons. The first-order chi connectivity index (χ1) is 13.0. The van der Waals surface area contributed by atoms with Crippen LogP contribution in [0.5, 0.6) is 5.75 Å². The maximum Gasteiger partial charge on any atom is 0.237 e. The van der Waals surface area contributed by atoms with Crippen LogP contribution < -0.4 is 4.74 Å². The number of halogens is 3. The third-order valence-corrected chi connectivity index (χ3v) is 4.60. The number of benzene rings is 2. The number of aliphatic hydroxyl groups excluding tert-OH is 1. The standard InChI is InChI=1S/C19H12Cl2FN3O2/c20-11-4-3-5-12(21)17(11)18-14-8-9-16(24-25(14)10-23-19(18)26)27-15-7-2-1-6-13(15)22/h1-10,19,26H. The zero-order chi connectivity index (χ0) is 19.0. The highest BCUT2D eigenvalue weighted by atomic mass is 35.5. The molecule has 0 fully saturated rings. The third kappa shape index (κ3) is 3.35. The zero-order valence-corrected chi connectivity index (χ0v) is 15.2. The van der Waals surface area contributed by atoms with Crippen LogP contribution >= 0.6 is 23.2 Å². The van der Waals surface area contributed by atoms with Gasteiger partial charge in [0.2, 0.25) is 5.90 Å². The van der Waals surface area contributed by atoms with Crippen LogP contribution in [0.2, 0.25) is 10.0 Å². The number of rotatable bonds is 2. The van der Waals surface area contributed by atoms with E-state index in [0.717, 1.165) is 0 Å². The number of aliphatic hydroxyl groups is 1. The molecule has 8 heteroatoms. The Morgan fingerprint density at radius 2 is 1.78 bits per heavy atom. The predicted molar refractivity (Wildman–Crippen MR) is 103 cm³/mol. The molecule has 2 heterocycles. The van der Waals surface area contributed by atoms with E-state index in [9.17, 15) is 9.50 Å². The molecule has 1 unspecified atom stereocenters. The molecule has 1 atom stereocenters. The van der Waals surface area contributed by atoms with E-state index in [2.05, 4.69) is 10.1 Å². The minimum Gasteiger partial charge on any atom is -0.435 e. The van der Waals surface area contributed by atoms with Gasteiger partial charge in [0.15, 0.2) is 17.8 Å². The molecular formula is C19H12Cl2FN3O2. The molecule has 2 aliphatic rings. The van der Waals surface area contributed by atoms with Crippen LogP contribution in [0, 0.1) is 5.82 Å². The number of hydrogen-bond acceptors (Lipinski definition) is 5. The molecule has 0 radical (unpaired) electrons. The van der Waals surface area contributed by atoms with Crippen LogP contribution in [0.1, 0.15) is 5.56 Å². The summed E-state index contributed by atoms with van der Waals surface area (Å²) in [6, 6.07) is 11.1. The lowest BCUT2D eigenvalue weighted by Gasteiger charge is -2.29. The van der Waals surface area contributed by atoms with Gasteiger partial charge in [0.1, 0.15) is 6.34 Å². The fourth-order valence-corrected chi connectivity index (χ4v) is 3.36. The molecule has 2 aromatic carbocycles. The summed E-state index contributed by atoms with van der Waals surface area (Å²) in [5, 5.41) is 16.8. The van der Waals surface area contributed by atoms with Gasteiger partial charge in [0.05, 0.1) is 5.70 Å². The quantitative estimate of drug-likeness (QED) is 0.804. The van der Waals surface area contributed by atoms with Crippen molar-refractivity contribution in [3.8, 4) is 5.75 Å². The van der Waals surface area contributed by atoms with Gasteiger partial charge in [0, 0.05) is 27.3 Å². The van der Waals surface area contributed by atoms with Crippen molar-refractivity contribution >= 4 is 41.0 Å². The summed E-state index contributed by atoms with van der Waals surface area (Å²) in [4.78, 5) is 4.02. The number of nitrogens with zero attached hydrogens (tertiary/aromatic N) is 3. The number of allylic oxidation sites excluding steroid dienone is 1. The Morgan fingerprint density at radius 3 is 2.52 bits per heavy atom. The molecule has 4 rings (SSSR count). The molecule has 27 heavy (non-hydrogen) atoms. The zero-order valence-electron chi connectivity index (χ0n) is 13.7. The van der Waals surface area contributed by atoms with Crippen molar-refractivity contribution in [2.24, 2.45) is 10.1 Å². The van der Waals surface area contributed by atoms with Crippen molar-refractivity contribution in [3.63, 3.8) is 0 Å². The highest BCUT2D eigenvalue weighted by Gasteiger charge is 2.29. The summed E-state index contributed by atoms with van der Waals surface area (Å²) in [5.74, 6) is -0.283. The second kappa shape index (κ2) is 7.15. The third-order valence-electron chi connectivity index (χ3n) is 3.97. The summed E-state index contributed by atoms with van der Waals surface area (Å²) in [5.41, 5.74) is 1.43. The maximum atomic E-state index is 13.8. The van der Waals surface area contributed by atoms with Gasteiger partial charge >= 0.3 is 0 Å². The van der Waals surface area contributed by atoms with Crippen molar-refractivity contribution in [2.45, 2.75) is 6.23 Å². The van der Waals surface area contributed by atoms with E-state index in [-0.39, 0.29) is 11.6 Å². The summed E-state index contributed by atoms with van der Waals surface area (Å²) in [7, 11) is 0. The average molecular weight is 404 g/mol. The molecule has 1 N–H and O–H groups in total. The molecule has 0 aromatic heterocycles. The normalized spacial score (nSPS) is 18.4. The van der Waals surface area contributed by atoms with Crippen molar-refractivity contribution in [1.82, 2.24) is 5.01 Å². The number of ether oxygens (including phenoxy) is 1. The van der Waals surface area contributed by atoms with Crippen molar-refractivity contribution in [2.75, 3.05) is 0 Å². The molecule has 2 aliphatic heterocycles. The van der Waals surface area contributed by atoms with Gasteiger partial charge in [-0.3, -0.25) is 0 Å². The Balaban J connectivity index is 1.73. The molecule has 0 saturated carbocycles. The lowest BCUT2D eigenvalue weighted by Crippen LogP contribution is -2.29. The van der Waals surface area contributed by atoms with Crippen LogP contribution in [-0.4, -0.2) is 28.6 Å².